The van der Waals surface area contributed by atoms with E-state index in [1.165, 1.54) is 0 Å². The summed E-state index contributed by atoms with van der Waals surface area (Å²) in [6.07, 6.45) is 3.25. The van der Waals surface area contributed by atoms with Crippen molar-refractivity contribution in [3.8, 4) is 6.07 Å². The largest absolute Gasteiger partial charge is 0.243 e. The first-order valence-corrected chi connectivity index (χ1v) is 7.97. The molecule has 0 bridgehead atoms. The zero-order valence-electron chi connectivity index (χ0n) is 11.0. The van der Waals surface area contributed by atoms with Crippen molar-refractivity contribution in [3.05, 3.63) is 29.8 Å². The minimum atomic E-state index is -3.39. The Labute approximate surface area is 114 Å². The van der Waals surface area contributed by atoms with E-state index in [0.29, 0.717) is 17.9 Å². The summed E-state index contributed by atoms with van der Waals surface area (Å²) >= 11 is 0. The van der Waals surface area contributed by atoms with Crippen LogP contribution in [0.3, 0.4) is 0 Å². The first-order valence-electron chi connectivity index (χ1n) is 6.53. The van der Waals surface area contributed by atoms with E-state index in [4.69, 9.17) is 5.26 Å². The second-order valence-electron chi connectivity index (χ2n) is 4.94. The molecular formula is C14H18N2O2S. The summed E-state index contributed by atoms with van der Waals surface area (Å²) in [6.45, 7) is 2.56. The molecule has 0 spiro atoms. The van der Waals surface area contributed by atoms with Crippen LogP contribution in [0.25, 0.3) is 0 Å². The van der Waals surface area contributed by atoms with Gasteiger partial charge >= 0.3 is 0 Å². The Kier molecular flexibility index (Phi) is 4.23. The third-order valence-electron chi connectivity index (χ3n) is 3.56. The molecule has 5 heteroatoms. The highest BCUT2D eigenvalue weighted by molar-refractivity contribution is 7.89. The molecule has 0 aromatic heterocycles. The average molecular weight is 278 g/mol. The Hall–Kier alpha value is -1.38. The van der Waals surface area contributed by atoms with Gasteiger partial charge in [-0.3, -0.25) is 0 Å². The molecule has 1 aliphatic heterocycles. The first-order chi connectivity index (χ1) is 9.05. The Morgan fingerprint density at radius 3 is 2.58 bits per heavy atom. The summed E-state index contributed by atoms with van der Waals surface area (Å²) in [5.41, 5.74) is 0.841. The molecule has 4 nitrogen and oxygen atoms in total. The number of rotatable bonds is 3. The minimum absolute atomic E-state index is 0.0672. The molecule has 19 heavy (non-hydrogen) atoms. The smallest absolute Gasteiger partial charge is 0.207 e. The summed E-state index contributed by atoms with van der Waals surface area (Å²) in [5.74, 6) is 0. The van der Waals surface area contributed by atoms with Crippen LogP contribution in [0.1, 0.15) is 31.7 Å². The molecule has 0 amide bonds. The van der Waals surface area contributed by atoms with Gasteiger partial charge in [-0.25, -0.2) is 8.42 Å². The number of sulfonamides is 1. The van der Waals surface area contributed by atoms with Gasteiger partial charge in [0.1, 0.15) is 0 Å². The lowest BCUT2D eigenvalue weighted by atomic mass is 10.1. The fourth-order valence-corrected chi connectivity index (χ4v) is 4.13. The number of nitriles is 1. The first kappa shape index (κ1) is 14.0. The van der Waals surface area contributed by atoms with E-state index < -0.39 is 10.0 Å². The van der Waals surface area contributed by atoms with Gasteiger partial charge in [-0.05, 0) is 37.5 Å². The van der Waals surface area contributed by atoms with E-state index in [9.17, 15) is 8.42 Å². The highest BCUT2D eigenvalue weighted by Crippen LogP contribution is 2.25. The molecule has 1 aromatic rings. The number of nitrogens with zero attached hydrogens (tertiary/aromatic N) is 2. The van der Waals surface area contributed by atoms with Crippen molar-refractivity contribution >= 4 is 10.0 Å². The lowest BCUT2D eigenvalue weighted by Gasteiger charge is -2.32. The Morgan fingerprint density at radius 2 is 2.00 bits per heavy atom. The van der Waals surface area contributed by atoms with Crippen LogP contribution in [-0.2, 0) is 16.4 Å². The maximum Gasteiger partial charge on any atom is 0.243 e. The molecule has 0 N–H and O–H groups in total. The SMILES string of the molecule is CC1CCCCN1S(=O)(=O)c1ccc(CC#N)cc1. The van der Waals surface area contributed by atoms with Crippen LogP contribution in [0.5, 0.6) is 0 Å². The summed E-state index contributed by atoms with van der Waals surface area (Å²) in [6, 6.07) is 8.75. The molecule has 1 aromatic carbocycles. The van der Waals surface area contributed by atoms with Gasteiger partial charge in [0.05, 0.1) is 17.4 Å². The number of hydrogen-bond donors (Lipinski definition) is 0. The second kappa shape index (κ2) is 5.72. The van der Waals surface area contributed by atoms with Gasteiger partial charge in [0.15, 0.2) is 0 Å². The Morgan fingerprint density at radius 1 is 1.32 bits per heavy atom. The summed E-state index contributed by atoms with van der Waals surface area (Å²) in [5, 5.41) is 8.61. The van der Waals surface area contributed by atoms with Gasteiger partial charge in [0.25, 0.3) is 0 Å². The van der Waals surface area contributed by atoms with E-state index in [1.807, 2.05) is 6.92 Å². The summed E-state index contributed by atoms with van der Waals surface area (Å²) in [7, 11) is -3.39. The summed E-state index contributed by atoms with van der Waals surface area (Å²) in [4.78, 5) is 0.322. The van der Waals surface area contributed by atoms with Gasteiger partial charge in [0.2, 0.25) is 10.0 Å². The normalized spacial score (nSPS) is 20.9. The standard InChI is InChI=1S/C14H18N2O2S/c1-12-4-2-3-11-16(12)19(17,18)14-7-5-13(6-8-14)9-10-15/h5-8,12H,2-4,9,11H2,1H3. The van der Waals surface area contributed by atoms with E-state index in [-0.39, 0.29) is 6.04 Å². The maximum atomic E-state index is 12.5. The van der Waals surface area contributed by atoms with Crippen LogP contribution in [0.4, 0.5) is 0 Å². The van der Waals surface area contributed by atoms with Gasteiger partial charge in [-0.1, -0.05) is 18.6 Å². The van der Waals surface area contributed by atoms with E-state index in [0.717, 1.165) is 24.8 Å². The molecule has 1 atom stereocenters. The van der Waals surface area contributed by atoms with E-state index in [2.05, 4.69) is 6.07 Å². The Balaban J connectivity index is 2.26. The van der Waals surface area contributed by atoms with Crippen molar-refractivity contribution in [1.29, 1.82) is 5.26 Å². The van der Waals surface area contributed by atoms with Gasteiger partial charge < -0.3 is 0 Å². The molecular weight excluding hydrogens is 260 g/mol. The van der Waals surface area contributed by atoms with Crippen molar-refractivity contribution < 1.29 is 8.42 Å². The monoisotopic (exact) mass is 278 g/mol. The Bertz CT molecular complexity index is 572. The molecule has 1 fully saturated rings. The molecule has 1 aliphatic rings. The molecule has 2 rings (SSSR count). The predicted octanol–water partition coefficient (Wildman–Crippen LogP) is 2.32. The fourth-order valence-electron chi connectivity index (χ4n) is 2.43. The van der Waals surface area contributed by atoms with Crippen molar-refractivity contribution in [2.24, 2.45) is 0 Å². The minimum Gasteiger partial charge on any atom is -0.207 e. The van der Waals surface area contributed by atoms with Gasteiger partial charge in [-0.2, -0.15) is 9.57 Å². The molecule has 102 valence electrons. The third-order valence-corrected chi connectivity index (χ3v) is 5.58. The summed E-state index contributed by atoms with van der Waals surface area (Å²) < 4.78 is 26.6. The average Bonchev–Trinajstić information content (AvgIpc) is 2.40. The van der Waals surface area contributed by atoms with Gasteiger partial charge in [0, 0.05) is 12.6 Å². The highest BCUT2D eigenvalue weighted by Gasteiger charge is 2.30. The quantitative estimate of drug-likeness (QED) is 0.852. The van der Waals surface area contributed by atoms with Gasteiger partial charge in [-0.15, -0.1) is 0 Å². The van der Waals surface area contributed by atoms with Crippen molar-refractivity contribution in [2.45, 2.75) is 43.5 Å². The molecule has 0 aliphatic carbocycles. The highest BCUT2D eigenvalue weighted by atomic mass is 32.2. The molecule has 0 saturated carbocycles. The van der Waals surface area contributed by atoms with Crippen LogP contribution < -0.4 is 0 Å². The van der Waals surface area contributed by atoms with Crippen molar-refractivity contribution in [3.63, 3.8) is 0 Å². The maximum absolute atomic E-state index is 12.5. The zero-order valence-corrected chi connectivity index (χ0v) is 11.9. The second-order valence-corrected chi connectivity index (χ2v) is 6.83. The third kappa shape index (κ3) is 2.96. The van der Waals surface area contributed by atoms with Crippen LogP contribution in [0.15, 0.2) is 29.2 Å². The van der Waals surface area contributed by atoms with E-state index in [1.54, 1.807) is 28.6 Å². The molecule has 1 saturated heterocycles. The van der Waals surface area contributed by atoms with Crippen LogP contribution >= 0.6 is 0 Å². The number of benzene rings is 1. The molecule has 1 unspecified atom stereocenters. The lowest BCUT2D eigenvalue weighted by molar-refractivity contribution is 0.268. The van der Waals surface area contributed by atoms with Crippen LogP contribution in [0, 0.1) is 11.3 Å². The fraction of sp³-hybridized carbons (Fsp3) is 0.500. The lowest BCUT2D eigenvalue weighted by Crippen LogP contribution is -2.41. The predicted molar refractivity (Wildman–Crippen MR) is 73.0 cm³/mol. The molecule has 1 heterocycles. The van der Waals surface area contributed by atoms with Crippen molar-refractivity contribution in [1.82, 2.24) is 4.31 Å². The van der Waals surface area contributed by atoms with Crippen LogP contribution in [-0.4, -0.2) is 25.3 Å². The van der Waals surface area contributed by atoms with E-state index >= 15 is 0 Å². The zero-order chi connectivity index (χ0) is 13.9. The number of piperidine rings is 1. The van der Waals surface area contributed by atoms with Crippen molar-refractivity contribution in [2.75, 3.05) is 6.54 Å². The number of hydrogen-bond acceptors (Lipinski definition) is 3. The van der Waals surface area contributed by atoms with Crippen LogP contribution in [0.2, 0.25) is 0 Å². The topological polar surface area (TPSA) is 61.2 Å². The molecule has 0 radical (unpaired) electrons.